The number of anilines is 1. The van der Waals surface area contributed by atoms with Gasteiger partial charge in [-0.2, -0.15) is 0 Å². The highest BCUT2D eigenvalue weighted by atomic mass is 35.5. The Bertz CT molecular complexity index is 958. The summed E-state index contributed by atoms with van der Waals surface area (Å²) in [5, 5.41) is 0. The van der Waals surface area contributed by atoms with Gasteiger partial charge in [0.25, 0.3) is 5.91 Å². The second-order valence-electron chi connectivity index (χ2n) is 8.93. The van der Waals surface area contributed by atoms with Crippen LogP contribution in [-0.4, -0.2) is 34.9 Å². The Balaban J connectivity index is 0.00000231. The normalized spacial score (nSPS) is 18.2. The van der Waals surface area contributed by atoms with Crippen LogP contribution >= 0.6 is 12.4 Å². The van der Waals surface area contributed by atoms with Crippen LogP contribution in [0.1, 0.15) is 41.6 Å². The highest BCUT2D eigenvalue weighted by molar-refractivity contribution is 6.06. The number of carbonyl (C=O) groups excluding carboxylic acids is 1. The van der Waals surface area contributed by atoms with Crippen LogP contribution < -0.4 is 4.90 Å². The summed E-state index contributed by atoms with van der Waals surface area (Å²) in [7, 11) is 0. The van der Waals surface area contributed by atoms with Crippen molar-refractivity contribution in [2.75, 3.05) is 18.0 Å². The number of H-pyrrole nitrogens is 1. The Labute approximate surface area is 190 Å². The van der Waals surface area contributed by atoms with Crippen molar-refractivity contribution in [3.63, 3.8) is 0 Å². The average Bonchev–Trinajstić information content (AvgIpc) is 3.30. The number of aromatic nitrogens is 1. The molecule has 0 radical (unpaired) electrons. The molecule has 5 rings (SSSR count). The highest BCUT2D eigenvalue weighted by Crippen LogP contribution is 2.52. The number of benzene rings is 2. The van der Waals surface area contributed by atoms with E-state index in [2.05, 4.69) is 52.3 Å². The number of rotatable bonds is 5. The summed E-state index contributed by atoms with van der Waals surface area (Å²) in [6, 6.07) is 23.1. The van der Waals surface area contributed by atoms with Gasteiger partial charge in [-0.15, -0.1) is 12.4 Å². The minimum absolute atomic E-state index is 0. The van der Waals surface area contributed by atoms with Crippen molar-refractivity contribution < 1.29 is 4.79 Å². The molecule has 2 fully saturated rings. The molecule has 1 aliphatic carbocycles. The first kappa shape index (κ1) is 21.7. The first-order valence-electron chi connectivity index (χ1n) is 11.0. The summed E-state index contributed by atoms with van der Waals surface area (Å²) in [6.45, 7) is 3.35. The maximum atomic E-state index is 13.3. The van der Waals surface area contributed by atoms with Crippen LogP contribution in [0.4, 0.5) is 5.69 Å². The van der Waals surface area contributed by atoms with E-state index in [0.717, 1.165) is 43.7 Å². The minimum Gasteiger partial charge on any atom is -0.367 e. The fourth-order valence-corrected chi connectivity index (χ4v) is 5.24. The number of likely N-dealkylation sites (tertiary alicyclic amines) is 1. The predicted octanol–water partition coefficient (Wildman–Crippen LogP) is 5.53. The lowest BCUT2D eigenvalue weighted by Crippen LogP contribution is -2.56. The molecular weight excluding hydrogens is 406 g/mol. The van der Waals surface area contributed by atoms with Crippen molar-refractivity contribution in [1.82, 2.24) is 9.88 Å². The number of amides is 1. The molecule has 0 bridgehead atoms. The summed E-state index contributed by atoms with van der Waals surface area (Å²) in [4.78, 5) is 20.9. The molecule has 1 saturated carbocycles. The van der Waals surface area contributed by atoms with E-state index in [1.54, 1.807) is 6.20 Å². The third kappa shape index (κ3) is 4.56. The van der Waals surface area contributed by atoms with Crippen molar-refractivity contribution >= 4 is 24.0 Å². The summed E-state index contributed by atoms with van der Waals surface area (Å²) in [5.41, 5.74) is 3.54. The molecule has 1 amide bonds. The number of nitrogens with zero attached hydrogens (tertiary/aromatic N) is 2. The first-order valence-corrected chi connectivity index (χ1v) is 11.0. The summed E-state index contributed by atoms with van der Waals surface area (Å²) in [6.07, 6.45) is 8.30. The van der Waals surface area contributed by atoms with Gasteiger partial charge in [0, 0.05) is 30.7 Å². The quantitative estimate of drug-likeness (QED) is 0.572. The molecule has 1 aliphatic heterocycles. The standard InChI is InChI=1S/C26H29N3O.ClH/c30-25(22-11-14-27-19-22)29(23-9-5-2-6-10-23)24-17-26(18-24)12-15-28(16-13-26)20-21-7-3-1-4-8-21;/h1-11,14,19,24,27H,12-13,15-18,20H2;1H. The van der Waals surface area contributed by atoms with Gasteiger partial charge in [-0.3, -0.25) is 9.69 Å². The third-order valence-corrected chi connectivity index (χ3v) is 6.97. The Morgan fingerprint density at radius 2 is 1.61 bits per heavy atom. The van der Waals surface area contributed by atoms with E-state index in [4.69, 9.17) is 0 Å². The molecule has 31 heavy (non-hydrogen) atoms. The largest absolute Gasteiger partial charge is 0.367 e. The minimum atomic E-state index is 0. The fourth-order valence-electron chi connectivity index (χ4n) is 5.24. The predicted molar refractivity (Wildman–Crippen MR) is 128 cm³/mol. The molecule has 162 valence electrons. The van der Waals surface area contributed by atoms with E-state index in [9.17, 15) is 4.79 Å². The smallest absolute Gasteiger partial charge is 0.260 e. The molecule has 2 aromatic carbocycles. The van der Waals surface area contributed by atoms with Gasteiger partial charge in [-0.1, -0.05) is 48.5 Å². The first-order chi connectivity index (χ1) is 14.7. The molecule has 0 unspecified atom stereocenters. The van der Waals surface area contributed by atoms with Crippen LogP contribution in [-0.2, 0) is 6.54 Å². The van der Waals surface area contributed by atoms with Crippen molar-refractivity contribution in [2.45, 2.75) is 38.3 Å². The summed E-state index contributed by atoms with van der Waals surface area (Å²) >= 11 is 0. The van der Waals surface area contributed by atoms with Gasteiger partial charge in [0.05, 0.1) is 5.56 Å². The van der Waals surface area contributed by atoms with E-state index in [1.807, 2.05) is 35.4 Å². The molecule has 2 heterocycles. The molecule has 0 atom stereocenters. The molecule has 1 spiro atoms. The topological polar surface area (TPSA) is 39.3 Å². The number of aromatic amines is 1. The van der Waals surface area contributed by atoms with Crippen molar-refractivity contribution in [2.24, 2.45) is 5.41 Å². The van der Waals surface area contributed by atoms with Crippen LogP contribution in [0.3, 0.4) is 0 Å². The summed E-state index contributed by atoms with van der Waals surface area (Å²) < 4.78 is 0. The fraction of sp³-hybridized carbons (Fsp3) is 0.346. The van der Waals surface area contributed by atoms with E-state index in [0.29, 0.717) is 5.41 Å². The van der Waals surface area contributed by atoms with Crippen molar-refractivity contribution in [3.05, 3.63) is 90.3 Å². The van der Waals surface area contributed by atoms with Gasteiger partial charge in [0.2, 0.25) is 0 Å². The SMILES string of the molecule is Cl.O=C(c1cc[nH]c1)N(c1ccccc1)C1CC2(CCN(Cc3ccccc3)CC2)C1. The number of carbonyl (C=O) groups is 1. The van der Waals surface area contributed by atoms with E-state index >= 15 is 0 Å². The molecule has 4 nitrogen and oxygen atoms in total. The second kappa shape index (κ2) is 9.29. The van der Waals surface area contributed by atoms with Gasteiger partial charge < -0.3 is 9.88 Å². The number of halogens is 1. The van der Waals surface area contributed by atoms with Crippen LogP contribution in [0.2, 0.25) is 0 Å². The Morgan fingerprint density at radius 3 is 2.23 bits per heavy atom. The van der Waals surface area contributed by atoms with Gasteiger partial charge in [-0.05, 0) is 68.0 Å². The number of hydrogen-bond acceptors (Lipinski definition) is 2. The molecule has 3 aromatic rings. The third-order valence-electron chi connectivity index (χ3n) is 6.97. The lowest BCUT2D eigenvalue weighted by atomic mass is 9.60. The molecular formula is C26H30ClN3O. The number of nitrogens with one attached hydrogen (secondary N) is 1. The van der Waals surface area contributed by atoms with Gasteiger partial charge in [0.15, 0.2) is 0 Å². The monoisotopic (exact) mass is 435 g/mol. The number of piperidine rings is 1. The van der Waals surface area contributed by atoms with E-state index < -0.39 is 0 Å². The molecule has 1 aromatic heterocycles. The van der Waals surface area contributed by atoms with Crippen molar-refractivity contribution in [3.8, 4) is 0 Å². The Hall–Kier alpha value is -2.56. The molecule has 2 aliphatic rings. The van der Waals surface area contributed by atoms with Crippen LogP contribution in [0.5, 0.6) is 0 Å². The summed E-state index contributed by atoms with van der Waals surface area (Å²) in [5.74, 6) is 0.101. The Morgan fingerprint density at radius 1 is 0.968 bits per heavy atom. The second-order valence-corrected chi connectivity index (χ2v) is 8.93. The van der Waals surface area contributed by atoms with Crippen LogP contribution in [0.25, 0.3) is 0 Å². The molecule has 1 N–H and O–H groups in total. The van der Waals surface area contributed by atoms with Crippen molar-refractivity contribution in [1.29, 1.82) is 0 Å². The van der Waals surface area contributed by atoms with Gasteiger partial charge >= 0.3 is 0 Å². The number of hydrogen-bond donors (Lipinski definition) is 1. The maximum Gasteiger partial charge on any atom is 0.260 e. The highest BCUT2D eigenvalue weighted by Gasteiger charge is 2.49. The van der Waals surface area contributed by atoms with Crippen LogP contribution in [0, 0.1) is 5.41 Å². The van der Waals surface area contributed by atoms with E-state index in [1.165, 1.54) is 18.4 Å². The zero-order chi connectivity index (χ0) is 20.4. The number of para-hydroxylation sites is 1. The van der Waals surface area contributed by atoms with Gasteiger partial charge in [0.1, 0.15) is 0 Å². The van der Waals surface area contributed by atoms with Gasteiger partial charge in [-0.25, -0.2) is 0 Å². The molecule has 5 heteroatoms. The van der Waals surface area contributed by atoms with E-state index in [-0.39, 0.29) is 24.4 Å². The zero-order valence-corrected chi connectivity index (χ0v) is 18.6. The molecule has 1 saturated heterocycles. The lowest BCUT2D eigenvalue weighted by Gasteiger charge is -2.55. The van der Waals surface area contributed by atoms with Crippen LogP contribution in [0.15, 0.2) is 79.1 Å². The Kier molecular flexibility index (Phi) is 6.49. The zero-order valence-electron chi connectivity index (χ0n) is 17.7. The maximum absolute atomic E-state index is 13.3. The lowest BCUT2D eigenvalue weighted by molar-refractivity contribution is 0.0128. The average molecular weight is 436 g/mol.